The van der Waals surface area contributed by atoms with Crippen LogP contribution in [0.3, 0.4) is 0 Å². The van der Waals surface area contributed by atoms with Gasteiger partial charge in [-0.3, -0.25) is 0 Å². The molecular formula is C15H18ClNOS. The fraction of sp³-hybridized carbons (Fsp3) is 0.467. The maximum absolute atomic E-state index is 6.06. The summed E-state index contributed by atoms with van der Waals surface area (Å²) in [5.41, 5.74) is 0.520. The maximum atomic E-state index is 6.06. The van der Waals surface area contributed by atoms with Crippen LogP contribution in [-0.2, 0) is 0 Å². The molecule has 1 atom stereocenters. The van der Waals surface area contributed by atoms with Gasteiger partial charge in [0.2, 0.25) is 0 Å². The van der Waals surface area contributed by atoms with Crippen molar-refractivity contribution in [2.75, 3.05) is 6.54 Å². The lowest BCUT2D eigenvalue weighted by Crippen LogP contribution is -2.28. The molecule has 19 heavy (non-hydrogen) atoms. The van der Waals surface area contributed by atoms with E-state index >= 15 is 0 Å². The fourth-order valence-corrected chi connectivity index (χ4v) is 3.58. The van der Waals surface area contributed by atoms with Crippen LogP contribution < -0.4 is 5.32 Å². The number of hydrogen-bond donors (Lipinski definition) is 1. The Hall–Kier alpha value is -0.770. The van der Waals surface area contributed by atoms with Crippen molar-refractivity contribution in [3.63, 3.8) is 0 Å². The van der Waals surface area contributed by atoms with Crippen LogP contribution >= 0.6 is 22.9 Å². The van der Waals surface area contributed by atoms with Crippen LogP contribution in [0.25, 0.3) is 0 Å². The zero-order chi connectivity index (χ0) is 13.3. The molecule has 0 spiro atoms. The smallest absolute Gasteiger partial charge is 0.126 e. The highest BCUT2D eigenvalue weighted by molar-refractivity contribution is 7.16. The normalized spacial score (nSPS) is 18.4. The first-order valence-corrected chi connectivity index (χ1v) is 7.94. The average molecular weight is 296 g/mol. The van der Waals surface area contributed by atoms with Gasteiger partial charge in [0.25, 0.3) is 0 Å². The second-order valence-corrected chi connectivity index (χ2v) is 7.07. The average Bonchev–Trinajstić information content (AvgIpc) is 2.80. The molecule has 1 fully saturated rings. The molecule has 0 bridgehead atoms. The molecule has 0 aliphatic heterocycles. The lowest BCUT2D eigenvalue weighted by atomic mass is 10.0. The van der Waals surface area contributed by atoms with Crippen LogP contribution in [0.1, 0.15) is 42.9 Å². The van der Waals surface area contributed by atoms with Crippen molar-refractivity contribution < 1.29 is 4.42 Å². The third-order valence-corrected chi connectivity index (χ3v) is 5.39. The van der Waals surface area contributed by atoms with Gasteiger partial charge in [-0.25, -0.2) is 0 Å². The van der Waals surface area contributed by atoms with Gasteiger partial charge in [0.05, 0.1) is 10.6 Å². The summed E-state index contributed by atoms with van der Waals surface area (Å²) in [6.07, 6.45) is 5.65. The van der Waals surface area contributed by atoms with E-state index in [2.05, 4.69) is 18.3 Å². The quantitative estimate of drug-likeness (QED) is 0.823. The number of hydrogen-bond acceptors (Lipinski definition) is 3. The minimum atomic E-state index is 0.122. The molecule has 0 radical (unpaired) electrons. The van der Waals surface area contributed by atoms with Crippen molar-refractivity contribution in [3.05, 3.63) is 45.5 Å². The van der Waals surface area contributed by atoms with Crippen molar-refractivity contribution in [2.24, 2.45) is 5.41 Å². The van der Waals surface area contributed by atoms with Gasteiger partial charge >= 0.3 is 0 Å². The van der Waals surface area contributed by atoms with Crippen LogP contribution in [0.15, 0.2) is 34.9 Å². The molecule has 1 unspecified atom stereocenters. The molecule has 102 valence electrons. The van der Waals surface area contributed by atoms with Crippen LogP contribution in [0.4, 0.5) is 0 Å². The third kappa shape index (κ3) is 2.88. The first-order chi connectivity index (χ1) is 9.22. The van der Waals surface area contributed by atoms with Crippen LogP contribution in [0.2, 0.25) is 4.34 Å². The second-order valence-electron chi connectivity index (χ2n) is 5.32. The van der Waals surface area contributed by atoms with Gasteiger partial charge < -0.3 is 9.73 Å². The highest BCUT2D eigenvalue weighted by Gasteiger charge is 2.40. The van der Waals surface area contributed by atoms with Crippen LogP contribution in [0, 0.1) is 5.41 Å². The lowest BCUT2D eigenvalue weighted by molar-refractivity contribution is 0.390. The molecular weight excluding hydrogens is 278 g/mol. The first kappa shape index (κ1) is 13.2. The number of rotatable bonds is 6. The Morgan fingerprint density at radius 2 is 2.26 bits per heavy atom. The van der Waals surface area contributed by atoms with E-state index in [9.17, 15) is 0 Å². The van der Waals surface area contributed by atoms with Gasteiger partial charge in [-0.1, -0.05) is 18.5 Å². The van der Waals surface area contributed by atoms with Gasteiger partial charge in [-0.05, 0) is 48.9 Å². The topological polar surface area (TPSA) is 25.2 Å². The molecule has 1 aliphatic rings. The summed E-state index contributed by atoms with van der Waals surface area (Å²) >= 11 is 7.67. The Bertz CT molecular complexity index is 530. The van der Waals surface area contributed by atoms with E-state index in [4.69, 9.17) is 16.0 Å². The van der Waals surface area contributed by atoms with E-state index in [1.54, 1.807) is 17.6 Å². The molecule has 4 heteroatoms. The number of nitrogens with one attached hydrogen (secondary N) is 1. The fourth-order valence-electron chi connectivity index (χ4n) is 2.43. The molecule has 2 nitrogen and oxygen atoms in total. The molecule has 1 aliphatic carbocycles. The van der Waals surface area contributed by atoms with Crippen molar-refractivity contribution >= 4 is 22.9 Å². The summed E-state index contributed by atoms with van der Waals surface area (Å²) in [4.78, 5) is 1.21. The molecule has 0 aromatic carbocycles. The molecule has 1 N–H and O–H groups in total. The third-order valence-electron chi connectivity index (χ3n) is 4.09. The zero-order valence-corrected chi connectivity index (χ0v) is 12.6. The zero-order valence-electron chi connectivity index (χ0n) is 11.0. The Labute approximate surface area is 122 Å². The van der Waals surface area contributed by atoms with E-state index in [0.29, 0.717) is 5.41 Å². The maximum Gasteiger partial charge on any atom is 0.126 e. The number of thiophene rings is 1. The van der Waals surface area contributed by atoms with Gasteiger partial charge in [0.15, 0.2) is 0 Å². The second kappa shape index (κ2) is 5.31. The molecule has 3 rings (SSSR count). The Kier molecular flexibility index (Phi) is 3.70. The molecule has 1 saturated carbocycles. The van der Waals surface area contributed by atoms with Gasteiger partial charge in [0.1, 0.15) is 11.8 Å². The van der Waals surface area contributed by atoms with Gasteiger partial charge in [-0.2, -0.15) is 0 Å². The molecule has 2 aromatic rings. The standard InChI is InChI=1S/C15H18ClNOS/c1-2-15(7-8-15)10-17-14(11-4-3-9-18-11)12-5-6-13(16)19-12/h3-6,9,14,17H,2,7-8,10H2,1H3. The summed E-state index contributed by atoms with van der Waals surface area (Å²) in [5, 5.41) is 3.66. The highest BCUT2D eigenvalue weighted by atomic mass is 35.5. The molecule has 2 aromatic heterocycles. The Balaban J connectivity index is 1.77. The van der Waals surface area contributed by atoms with Gasteiger partial charge in [-0.15, -0.1) is 11.3 Å². The lowest BCUT2D eigenvalue weighted by Gasteiger charge is -2.19. The van der Waals surface area contributed by atoms with Crippen LogP contribution in [0.5, 0.6) is 0 Å². The van der Waals surface area contributed by atoms with E-state index in [1.807, 2.05) is 18.2 Å². The number of furan rings is 1. The highest BCUT2D eigenvalue weighted by Crippen LogP contribution is 2.48. The number of halogens is 1. The van der Waals surface area contributed by atoms with Crippen molar-refractivity contribution in [2.45, 2.75) is 32.2 Å². The SMILES string of the molecule is CCC1(CNC(c2ccco2)c2ccc(Cl)s2)CC1. The largest absolute Gasteiger partial charge is 0.467 e. The minimum absolute atomic E-state index is 0.122. The van der Waals surface area contributed by atoms with E-state index in [0.717, 1.165) is 16.6 Å². The van der Waals surface area contributed by atoms with Gasteiger partial charge in [0, 0.05) is 11.4 Å². The van der Waals surface area contributed by atoms with Crippen molar-refractivity contribution in [1.29, 1.82) is 0 Å². The van der Waals surface area contributed by atoms with E-state index in [-0.39, 0.29) is 6.04 Å². The van der Waals surface area contributed by atoms with E-state index < -0.39 is 0 Å². The molecule has 0 amide bonds. The van der Waals surface area contributed by atoms with Crippen LogP contribution in [-0.4, -0.2) is 6.54 Å². The predicted octanol–water partition coefficient (Wildman–Crippen LogP) is 4.86. The van der Waals surface area contributed by atoms with Crippen molar-refractivity contribution in [3.8, 4) is 0 Å². The first-order valence-electron chi connectivity index (χ1n) is 6.74. The minimum Gasteiger partial charge on any atom is -0.467 e. The van der Waals surface area contributed by atoms with E-state index in [1.165, 1.54) is 24.1 Å². The predicted molar refractivity (Wildman–Crippen MR) is 79.8 cm³/mol. The summed E-state index contributed by atoms with van der Waals surface area (Å²) in [6, 6.07) is 8.12. The Morgan fingerprint density at radius 1 is 1.42 bits per heavy atom. The summed E-state index contributed by atoms with van der Waals surface area (Å²) in [7, 11) is 0. The van der Waals surface area contributed by atoms with Crippen molar-refractivity contribution in [1.82, 2.24) is 5.32 Å². The Morgan fingerprint density at radius 3 is 2.79 bits per heavy atom. The summed E-state index contributed by atoms with van der Waals surface area (Å²) < 4.78 is 6.40. The molecule has 2 heterocycles. The summed E-state index contributed by atoms with van der Waals surface area (Å²) in [6.45, 7) is 3.32. The monoisotopic (exact) mass is 295 g/mol. The summed E-state index contributed by atoms with van der Waals surface area (Å²) in [5.74, 6) is 0.963. The molecule has 0 saturated heterocycles.